The molecule has 6 nitrogen and oxygen atoms in total. The van der Waals surface area contributed by atoms with E-state index in [1.54, 1.807) is 18.0 Å². The van der Waals surface area contributed by atoms with Crippen LogP contribution in [0.25, 0.3) is 0 Å². The van der Waals surface area contributed by atoms with Gasteiger partial charge in [-0.05, 0) is 50.7 Å². The van der Waals surface area contributed by atoms with E-state index in [9.17, 15) is 13.2 Å². The van der Waals surface area contributed by atoms with Crippen LogP contribution in [0.2, 0.25) is 0 Å². The van der Waals surface area contributed by atoms with Gasteiger partial charge in [0.2, 0.25) is 0 Å². The molecule has 2 heterocycles. The molecule has 1 aromatic rings. The number of sulfone groups is 1. The largest absolute Gasteiger partial charge is 0.323 e. The van der Waals surface area contributed by atoms with Gasteiger partial charge in [-0.1, -0.05) is 0 Å². The van der Waals surface area contributed by atoms with Crippen molar-refractivity contribution in [2.45, 2.75) is 44.3 Å². The van der Waals surface area contributed by atoms with E-state index >= 15 is 0 Å². The zero-order valence-electron chi connectivity index (χ0n) is 13.4. The highest BCUT2D eigenvalue weighted by molar-refractivity contribution is 7.92. The summed E-state index contributed by atoms with van der Waals surface area (Å²) in [6.07, 6.45) is 6.52. The number of carbonyl (C=O) groups is 1. The molecular formula is C16H23N3O3S. The number of hydrogen-bond donors (Lipinski definition) is 1. The van der Waals surface area contributed by atoms with Crippen LogP contribution in [0.4, 0.5) is 10.5 Å². The number of aryl methyl sites for hydroxylation is 2. The van der Waals surface area contributed by atoms with E-state index in [0.29, 0.717) is 18.7 Å². The topological polar surface area (TPSA) is 79.4 Å². The van der Waals surface area contributed by atoms with E-state index in [2.05, 4.69) is 10.3 Å². The fourth-order valence-electron chi connectivity index (χ4n) is 3.13. The second kappa shape index (κ2) is 6.47. The first-order valence-corrected chi connectivity index (χ1v) is 9.92. The maximum absolute atomic E-state index is 12.4. The van der Waals surface area contributed by atoms with Gasteiger partial charge in [-0.2, -0.15) is 0 Å². The number of rotatable bonds is 1. The summed E-state index contributed by atoms with van der Waals surface area (Å²) < 4.78 is 23.8. The predicted molar refractivity (Wildman–Crippen MR) is 89.3 cm³/mol. The van der Waals surface area contributed by atoms with Crippen molar-refractivity contribution in [2.24, 2.45) is 0 Å². The minimum absolute atomic E-state index is 0.0318. The fraction of sp³-hybridized carbons (Fsp3) is 0.625. The molecule has 1 aromatic heterocycles. The first kappa shape index (κ1) is 16.2. The summed E-state index contributed by atoms with van der Waals surface area (Å²) in [5, 5.41) is 2.48. The number of urea groups is 1. The Balaban J connectivity index is 1.67. The number of fused-ring (bicyclic) bond motifs is 1. The molecule has 2 aliphatic rings. The molecule has 23 heavy (non-hydrogen) atoms. The van der Waals surface area contributed by atoms with Gasteiger partial charge in [-0.15, -0.1) is 0 Å². The lowest BCUT2D eigenvalue weighted by atomic mass is 9.96. The molecule has 0 aromatic carbocycles. The highest BCUT2D eigenvalue weighted by Gasteiger charge is 2.28. The number of nitrogens with one attached hydrogen (secondary N) is 1. The van der Waals surface area contributed by atoms with Crippen LogP contribution in [-0.2, 0) is 22.7 Å². The fourth-order valence-corrected chi connectivity index (χ4v) is 4.47. The Kier molecular flexibility index (Phi) is 4.57. The molecule has 1 fully saturated rings. The van der Waals surface area contributed by atoms with Crippen LogP contribution in [0, 0.1) is 0 Å². The summed E-state index contributed by atoms with van der Waals surface area (Å²) >= 11 is 0. The summed E-state index contributed by atoms with van der Waals surface area (Å²) in [4.78, 5) is 18.4. The van der Waals surface area contributed by atoms with Gasteiger partial charge in [-0.3, -0.25) is 4.98 Å². The van der Waals surface area contributed by atoms with E-state index < -0.39 is 9.84 Å². The smallest absolute Gasteiger partial charge is 0.321 e. The SMILES string of the molecule is CC1CCN(C(=O)Nc2cnc3c(c2)CCCC3)CCS1(=O)=O. The normalized spacial score (nSPS) is 23.7. The van der Waals surface area contributed by atoms with Gasteiger partial charge in [0.05, 0.1) is 22.9 Å². The molecule has 0 saturated carbocycles. The van der Waals surface area contributed by atoms with Crippen molar-refractivity contribution in [1.29, 1.82) is 0 Å². The maximum Gasteiger partial charge on any atom is 0.321 e. The van der Waals surface area contributed by atoms with Crippen molar-refractivity contribution in [3.05, 3.63) is 23.5 Å². The third kappa shape index (κ3) is 3.65. The minimum Gasteiger partial charge on any atom is -0.323 e. The Bertz CT molecular complexity index is 703. The number of amides is 2. The van der Waals surface area contributed by atoms with Crippen molar-refractivity contribution >= 4 is 21.6 Å². The summed E-state index contributed by atoms with van der Waals surface area (Å²) in [6.45, 7) is 2.42. The van der Waals surface area contributed by atoms with Crippen LogP contribution in [0.3, 0.4) is 0 Å². The van der Waals surface area contributed by atoms with Crippen LogP contribution >= 0.6 is 0 Å². The number of pyridine rings is 1. The number of hydrogen-bond acceptors (Lipinski definition) is 4. The lowest BCUT2D eigenvalue weighted by Gasteiger charge is -2.21. The molecule has 1 aliphatic heterocycles. The molecule has 2 amide bonds. The second-order valence-corrected chi connectivity index (χ2v) is 8.96. The lowest BCUT2D eigenvalue weighted by Crippen LogP contribution is -2.37. The van der Waals surface area contributed by atoms with Crippen LogP contribution in [0.5, 0.6) is 0 Å². The third-order valence-electron chi connectivity index (χ3n) is 4.77. The van der Waals surface area contributed by atoms with Gasteiger partial charge in [0, 0.05) is 18.8 Å². The molecule has 0 spiro atoms. The molecule has 7 heteroatoms. The summed E-state index contributed by atoms with van der Waals surface area (Å²) in [7, 11) is -3.08. The van der Waals surface area contributed by atoms with E-state index in [1.165, 1.54) is 12.0 Å². The molecule has 1 saturated heterocycles. The minimum atomic E-state index is -3.08. The van der Waals surface area contributed by atoms with Crippen molar-refractivity contribution in [2.75, 3.05) is 24.2 Å². The van der Waals surface area contributed by atoms with Crippen LogP contribution in [-0.4, -0.2) is 48.4 Å². The standard InChI is InChI=1S/C16H23N3O3S/c1-12-6-7-19(8-9-23(12,21)22)16(20)18-14-10-13-4-2-3-5-15(13)17-11-14/h10-12H,2-9H2,1H3,(H,18,20). The quantitative estimate of drug-likeness (QED) is 0.850. The first-order chi connectivity index (χ1) is 11.0. The Morgan fingerprint density at radius 3 is 2.91 bits per heavy atom. The average molecular weight is 337 g/mol. The molecule has 0 bridgehead atoms. The predicted octanol–water partition coefficient (Wildman–Crippen LogP) is 2.00. The van der Waals surface area contributed by atoms with Crippen molar-refractivity contribution < 1.29 is 13.2 Å². The van der Waals surface area contributed by atoms with Crippen molar-refractivity contribution in [1.82, 2.24) is 9.88 Å². The summed E-state index contributed by atoms with van der Waals surface area (Å²) in [6, 6.07) is 1.75. The zero-order chi connectivity index (χ0) is 16.4. The monoisotopic (exact) mass is 337 g/mol. The Hall–Kier alpha value is -1.63. The second-order valence-electron chi connectivity index (χ2n) is 6.42. The average Bonchev–Trinajstić information content (AvgIpc) is 2.66. The van der Waals surface area contributed by atoms with E-state index in [0.717, 1.165) is 25.0 Å². The van der Waals surface area contributed by atoms with E-state index in [4.69, 9.17) is 0 Å². The van der Waals surface area contributed by atoms with Gasteiger partial charge in [0.25, 0.3) is 0 Å². The molecule has 126 valence electrons. The molecule has 1 aliphatic carbocycles. The van der Waals surface area contributed by atoms with Gasteiger partial charge in [0.15, 0.2) is 9.84 Å². The van der Waals surface area contributed by atoms with Gasteiger partial charge in [-0.25, -0.2) is 13.2 Å². The number of anilines is 1. The zero-order valence-corrected chi connectivity index (χ0v) is 14.2. The van der Waals surface area contributed by atoms with E-state index in [-0.39, 0.29) is 23.6 Å². The molecule has 3 rings (SSSR count). The number of carbonyl (C=O) groups excluding carboxylic acids is 1. The first-order valence-electron chi connectivity index (χ1n) is 8.21. The maximum atomic E-state index is 12.4. The Labute approximate surface area is 137 Å². The van der Waals surface area contributed by atoms with Gasteiger partial charge >= 0.3 is 6.03 Å². The number of aromatic nitrogens is 1. The van der Waals surface area contributed by atoms with Crippen molar-refractivity contribution in [3.8, 4) is 0 Å². The van der Waals surface area contributed by atoms with Crippen LogP contribution in [0.1, 0.15) is 37.4 Å². The van der Waals surface area contributed by atoms with E-state index in [1.807, 2.05) is 6.07 Å². The molecule has 1 unspecified atom stereocenters. The highest BCUT2D eigenvalue weighted by Crippen LogP contribution is 2.22. The van der Waals surface area contributed by atoms with Crippen LogP contribution < -0.4 is 5.32 Å². The molecular weight excluding hydrogens is 314 g/mol. The molecule has 1 atom stereocenters. The van der Waals surface area contributed by atoms with Crippen LogP contribution in [0.15, 0.2) is 12.3 Å². The number of nitrogens with zero attached hydrogens (tertiary/aromatic N) is 2. The molecule has 1 N–H and O–H groups in total. The van der Waals surface area contributed by atoms with Gasteiger partial charge < -0.3 is 10.2 Å². The van der Waals surface area contributed by atoms with Crippen molar-refractivity contribution in [3.63, 3.8) is 0 Å². The lowest BCUT2D eigenvalue weighted by molar-refractivity contribution is 0.215. The van der Waals surface area contributed by atoms with Gasteiger partial charge in [0.1, 0.15) is 0 Å². The molecule has 0 radical (unpaired) electrons. The summed E-state index contributed by atoms with van der Waals surface area (Å²) in [5.41, 5.74) is 3.03. The Morgan fingerprint density at radius 1 is 1.30 bits per heavy atom. The Morgan fingerprint density at radius 2 is 2.09 bits per heavy atom. The summed E-state index contributed by atoms with van der Waals surface area (Å²) in [5.74, 6) is 0.0318. The third-order valence-corrected chi connectivity index (χ3v) is 6.99. The highest BCUT2D eigenvalue weighted by atomic mass is 32.2.